The third-order valence-electron chi connectivity index (χ3n) is 3.02. The summed E-state index contributed by atoms with van der Waals surface area (Å²) in [5.74, 6) is -5.11. The van der Waals surface area contributed by atoms with E-state index < -0.39 is 29.4 Å². The van der Waals surface area contributed by atoms with Gasteiger partial charge in [-0.15, -0.1) is 0 Å². The van der Waals surface area contributed by atoms with E-state index in [0.717, 1.165) is 17.0 Å². The van der Waals surface area contributed by atoms with E-state index in [1.807, 2.05) is 0 Å². The molecule has 1 aliphatic heterocycles. The summed E-state index contributed by atoms with van der Waals surface area (Å²) in [5, 5.41) is 2.56. The van der Waals surface area contributed by atoms with Crippen LogP contribution in [0.1, 0.15) is 20.3 Å². The smallest absolute Gasteiger partial charge is 0.252 e. The van der Waals surface area contributed by atoms with Crippen LogP contribution >= 0.6 is 0 Å². The van der Waals surface area contributed by atoms with E-state index >= 15 is 0 Å². The van der Waals surface area contributed by atoms with Crippen molar-refractivity contribution in [1.29, 1.82) is 0 Å². The molecule has 0 spiro atoms. The summed E-state index contributed by atoms with van der Waals surface area (Å²) in [6.07, 6.45) is -0.0996. The number of likely N-dealkylation sites (tertiary alicyclic amines) is 1. The normalized spacial score (nSPS) is 19.1. The quantitative estimate of drug-likeness (QED) is 0.683. The van der Waals surface area contributed by atoms with Crippen LogP contribution in [0.3, 0.4) is 0 Å². The van der Waals surface area contributed by atoms with Crippen molar-refractivity contribution in [3.05, 3.63) is 29.6 Å². The monoisotopic (exact) mass is 286 g/mol. The van der Waals surface area contributed by atoms with Crippen LogP contribution in [-0.2, 0) is 9.59 Å². The van der Waals surface area contributed by atoms with Crippen LogP contribution in [0.25, 0.3) is 0 Å². The number of hydrogen-bond donors (Lipinski definition) is 1. The molecule has 1 aromatic rings. The van der Waals surface area contributed by atoms with Crippen LogP contribution < -0.4 is 5.32 Å². The number of benzene rings is 1. The maximum absolute atomic E-state index is 13.1. The molecular formula is C13H13F3N2O2. The Bertz CT molecular complexity index is 552. The summed E-state index contributed by atoms with van der Waals surface area (Å²) in [4.78, 5) is 24.7. The highest BCUT2D eigenvalue weighted by atomic mass is 19.2. The maximum Gasteiger partial charge on any atom is 0.252 e. The second-order valence-electron chi connectivity index (χ2n) is 4.85. The number of nitrogens with zero attached hydrogens (tertiary/aromatic N) is 1. The van der Waals surface area contributed by atoms with Crippen molar-refractivity contribution in [3.8, 4) is 0 Å². The second kappa shape index (κ2) is 5.15. The minimum atomic E-state index is -1.58. The highest BCUT2D eigenvalue weighted by Gasteiger charge is 2.39. The number of nitrogens with one attached hydrogen (secondary N) is 1. The van der Waals surface area contributed by atoms with Crippen molar-refractivity contribution in [3.63, 3.8) is 0 Å². The fourth-order valence-corrected chi connectivity index (χ4v) is 2.15. The van der Waals surface area contributed by atoms with E-state index in [9.17, 15) is 22.8 Å². The molecule has 1 heterocycles. The van der Waals surface area contributed by atoms with Crippen molar-refractivity contribution in [2.24, 2.45) is 0 Å². The summed E-state index contributed by atoms with van der Waals surface area (Å²) in [6.45, 7) is 3.38. The lowest BCUT2D eigenvalue weighted by Gasteiger charge is -2.19. The van der Waals surface area contributed by atoms with Gasteiger partial charge in [-0.1, -0.05) is 0 Å². The van der Waals surface area contributed by atoms with Gasteiger partial charge in [0.05, 0.1) is 6.42 Å². The van der Waals surface area contributed by atoms with Gasteiger partial charge in [0.1, 0.15) is 6.04 Å². The molecule has 0 radical (unpaired) electrons. The van der Waals surface area contributed by atoms with Gasteiger partial charge < -0.3 is 5.32 Å². The standard InChI is InChI=1S/C13H13F3N2O2/c1-6(2)18-11(19)5-10(13(18)20)17-7-3-8(14)12(16)9(15)4-7/h3-4,6,10,17H,5H2,1-2H3. The van der Waals surface area contributed by atoms with Gasteiger partial charge in [-0.05, 0) is 13.8 Å². The minimum absolute atomic E-state index is 0.0850. The number of halogens is 3. The summed E-state index contributed by atoms with van der Waals surface area (Å²) >= 11 is 0. The number of imide groups is 1. The first kappa shape index (κ1) is 14.4. The molecule has 108 valence electrons. The largest absolute Gasteiger partial charge is 0.373 e. The van der Waals surface area contributed by atoms with Gasteiger partial charge in [-0.3, -0.25) is 14.5 Å². The number of carbonyl (C=O) groups is 2. The van der Waals surface area contributed by atoms with Crippen LogP contribution in [0.4, 0.5) is 18.9 Å². The molecule has 1 N–H and O–H groups in total. The fraction of sp³-hybridized carbons (Fsp3) is 0.385. The van der Waals surface area contributed by atoms with Crippen molar-refractivity contribution in [2.45, 2.75) is 32.4 Å². The molecule has 0 bridgehead atoms. The lowest BCUT2D eigenvalue weighted by molar-refractivity contribution is -0.140. The number of rotatable bonds is 3. The van der Waals surface area contributed by atoms with Crippen molar-refractivity contribution < 1.29 is 22.8 Å². The van der Waals surface area contributed by atoms with Gasteiger partial charge in [-0.2, -0.15) is 0 Å². The fourth-order valence-electron chi connectivity index (χ4n) is 2.15. The number of amides is 2. The van der Waals surface area contributed by atoms with Gasteiger partial charge in [0.2, 0.25) is 5.91 Å². The van der Waals surface area contributed by atoms with Gasteiger partial charge >= 0.3 is 0 Å². The van der Waals surface area contributed by atoms with Crippen molar-refractivity contribution in [2.75, 3.05) is 5.32 Å². The molecule has 0 aromatic heterocycles. The summed E-state index contributed by atoms with van der Waals surface area (Å²) in [6, 6.07) is 0.306. The van der Waals surface area contributed by atoms with Crippen LogP contribution in [0.2, 0.25) is 0 Å². The zero-order valence-electron chi connectivity index (χ0n) is 10.9. The Labute approximate surface area is 113 Å². The Morgan fingerprint density at radius 1 is 1.20 bits per heavy atom. The molecule has 1 fully saturated rings. The van der Waals surface area contributed by atoms with Gasteiger partial charge in [0, 0.05) is 23.9 Å². The zero-order valence-corrected chi connectivity index (χ0v) is 10.9. The minimum Gasteiger partial charge on any atom is -0.373 e. The molecule has 1 aromatic carbocycles. The topological polar surface area (TPSA) is 49.4 Å². The molecule has 4 nitrogen and oxygen atoms in total. The molecule has 2 amide bonds. The summed E-state index contributed by atoms with van der Waals surface area (Å²) in [7, 11) is 0. The molecule has 1 saturated heterocycles. The molecular weight excluding hydrogens is 273 g/mol. The van der Waals surface area contributed by atoms with Crippen LogP contribution in [0.5, 0.6) is 0 Å². The lowest BCUT2D eigenvalue weighted by Crippen LogP contribution is -2.39. The molecule has 0 aliphatic carbocycles. The second-order valence-corrected chi connectivity index (χ2v) is 4.85. The van der Waals surface area contributed by atoms with Gasteiger partial charge in [0.25, 0.3) is 5.91 Å². The molecule has 1 aliphatic rings. The average Bonchev–Trinajstić information content (AvgIpc) is 2.61. The highest BCUT2D eigenvalue weighted by molar-refractivity contribution is 6.07. The van der Waals surface area contributed by atoms with E-state index in [1.54, 1.807) is 13.8 Å². The Hall–Kier alpha value is -2.05. The van der Waals surface area contributed by atoms with Crippen LogP contribution in [0, 0.1) is 17.5 Å². The lowest BCUT2D eigenvalue weighted by atomic mass is 10.2. The first-order valence-corrected chi connectivity index (χ1v) is 6.08. The third kappa shape index (κ3) is 2.48. The Morgan fingerprint density at radius 3 is 2.20 bits per heavy atom. The van der Waals surface area contributed by atoms with Crippen LogP contribution in [-0.4, -0.2) is 28.8 Å². The molecule has 0 saturated carbocycles. The Kier molecular flexibility index (Phi) is 3.69. The Morgan fingerprint density at radius 2 is 1.75 bits per heavy atom. The van der Waals surface area contributed by atoms with E-state index in [-0.39, 0.29) is 24.1 Å². The van der Waals surface area contributed by atoms with E-state index in [0.29, 0.717) is 0 Å². The molecule has 7 heteroatoms. The predicted octanol–water partition coefficient (Wildman–Crippen LogP) is 2.05. The highest BCUT2D eigenvalue weighted by Crippen LogP contribution is 2.23. The zero-order chi connectivity index (χ0) is 15.0. The number of carbonyl (C=O) groups excluding carboxylic acids is 2. The molecule has 1 atom stereocenters. The maximum atomic E-state index is 13.1. The molecule has 1 unspecified atom stereocenters. The van der Waals surface area contributed by atoms with Crippen molar-refractivity contribution in [1.82, 2.24) is 4.90 Å². The number of hydrogen-bond acceptors (Lipinski definition) is 3. The van der Waals surface area contributed by atoms with Gasteiger partial charge in [0.15, 0.2) is 17.5 Å². The first-order valence-electron chi connectivity index (χ1n) is 6.08. The van der Waals surface area contributed by atoms with Crippen LogP contribution in [0.15, 0.2) is 12.1 Å². The van der Waals surface area contributed by atoms with E-state index in [2.05, 4.69) is 5.32 Å². The summed E-state index contributed by atoms with van der Waals surface area (Å²) in [5.41, 5.74) is -0.0850. The SMILES string of the molecule is CC(C)N1C(=O)CC(Nc2cc(F)c(F)c(F)c2)C1=O. The van der Waals surface area contributed by atoms with Crippen molar-refractivity contribution >= 4 is 17.5 Å². The Balaban J connectivity index is 2.20. The number of anilines is 1. The third-order valence-corrected chi connectivity index (χ3v) is 3.02. The summed E-state index contributed by atoms with van der Waals surface area (Å²) < 4.78 is 39.0. The molecule has 20 heavy (non-hydrogen) atoms. The van der Waals surface area contributed by atoms with E-state index in [1.165, 1.54) is 0 Å². The molecule has 2 rings (SSSR count). The average molecular weight is 286 g/mol. The van der Waals surface area contributed by atoms with E-state index in [4.69, 9.17) is 0 Å². The van der Waals surface area contributed by atoms with Gasteiger partial charge in [-0.25, -0.2) is 13.2 Å². The predicted molar refractivity (Wildman–Crippen MR) is 65.3 cm³/mol. The first-order chi connectivity index (χ1) is 9.31.